The lowest BCUT2D eigenvalue weighted by Crippen LogP contribution is -2.00. The van der Waals surface area contributed by atoms with E-state index in [1.165, 1.54) is 0 Å². The van der Waals surface area contributed by atoms with Gasteiger partial charge < -0.3 is 14.6 Å². The van der Waals surface area contributed by atoms with Gasteiger partial charge in [-0.25, -0.2) is 0 Å². The number of aliphatic carboxylic acids is 1. The Bertz CT molecular complexity index is 814. The minimum absolute atomic E-state index is 0.148. The Morgan fingerprint density at radius 2 is 1.21 bits per heavy atom. The van der Waals surface area contributed by atoms with Gasteiger partial charge in [0.2, 0.25) is 0 Å². The molecular formula is C24H24O4. The van der Waals surface area contributed by atoms with Gasteiger partial charge in [0.15, 0.2) is 0 Å². The molecule has 0 amide bonds. The molecule has 0 aliphatic heterocycles. The summed E-state index contributed by atoms with van der Waals surface area (Å²) in [5.74, 6) is 0.663. The zero-order valence-corrected chi connectivity index (χ0v) is 15.7. The number of carboxylic acid groups (broad SMARTS) is 1. The standard InChI is InChI=1S/C24H24O4/c25-24(26)13-7-12-21-14-22(27-17-19-8-3-1-4-9-19)16-23(15-21)28-18-20-10-5-2-6-11-20/h1-6,8-11,14-16H,7,12-13,17-18H2,(H,25,26). The van der Waals surface area contributed by atoms with E-state index < -0.39 is 5.97 Å². The van der Waals surface area contributed by atoms with Gasteiger partial charge >= 0.3 is 5.97 Å². The monoisotopic (exact) mass is 376 g/mol. The lowest BCUT2D eigenvalue weighted by molar-refractivity contribution is -0.137. The molecule has 0 saturated heterocycles. The zero-order chi connectivity index (χ0) is 19.6. The quantitative estimate of drug-likeness (QED) is 0.525. The van der Waals surface area contributed by atoms with Crippen LogP contribution in [0, 0.1) is 0 Å². The van der Waals surface area contributed by atoms with Gasteiger partial charge in [0.05, 0.1) is 0 Å². The number of ether oxygens (including phenoxy) is 2. The van der Waals surface area contributed by atoms with Gasteiger partial charge in [-0.3, -0.25) is 4.79 Å². The van der Waals surface area contributed by atoms with E-state index in [4.69, 9.17) is 14.6 Å². The average Bonchev–Trinajstić information content (AvgIpc) is 2.72. The van der Waals surface area contributed by atoms with Crippen molar-refractivity contribution >= 4 is 5.97 Å². The van der Waals surface area contributed by atoms with Crippen molar-refractivity contribution in [2.24, 2.45) is 0 Å². The fraction of sp³-hybridized carbons (Fsp3) is 0.208. The Morgan fingerprint density at radius 1 is 0.714 bits per heavy atom. The molecule has 0 aromatic heterocycles. The lowest BCUT2D eigenvalue weighted by atomic mass is 10.1. The molecule has 0 unspecified atom stereocenters. The van der Waals surface area contributed by atoms with Crippen molar-refractivity contribution in [1.82, 2.24) is 0 Å². The van der Waals surface area contributed by atoms with Crippen molar-refractivity contribution in [3.63, 3.8) is 0 Å². The molecule has 0 spiro atoms. The highest BCUT2D eigenvalue weighted by Crippen LogP contribution is 2.26. The van der Waals surface area contributed by atoms with Gasteiger partial charge in [0.25, 0.3) is 0 Å². The number of rotatable bonds is 10. The maximum absolute atomic E-state index is 10.8. The van der Waals surface area contributed by atoms with E-state index >= 15 is 0 Å². The maximum Gasteiger partial charge on any atom is 0.303 e. The summed E-state index contributed by atoms with van der Waals surface area (Å²) in [6.07, 6.45) is 1.39. The Kier molecular flexibility index (Phi) is 7.08. The fourth-order valence-corrected chi connectivity index (χ4v) is 2.87. The van der Waals surface area contributed by atoms with Crippen LogP contribution in [0.5, 0.6) is 11.5 Å². The van der Waals surface area contributed by atoms with Crippen molar-refractivity contribution in [1.29, 1.82) is 0 Å². The normalized spacial score (nSPS) is 10.4. The molecule has 0 radical (unpaired) electrons. The minimum Gasteiger partial charge on any atom is -0.489 e. The lowest BCUT2D eigenvalue weighted by Gasteiger charge is -2.13. The predicted octanol–water partition coefficient (Wildman–Crippen LogP) is 5.25. The fourth-order valence-electron chi connectivity index (χ4n) is 2.87. The molecule has 4 nitrogen and oxygen atoms in total. The zero-order valence-electron chi connectivity index (χ0n) is 15.7. The highest BCUT2D eigenvalue weighted by Gasteiger charge is 2.06. The van der Waals surface area contributed by atoms with E-state index in [0.717, 1.165) is 28.2 Å². The molecule has 0 aliphatic carbocycles. The van der Waals surface area contributed by atoms with Crippen molar-refractivity contribution in [2.75, 3.05) is 0 Å². The van der Waals surface area contributed by atoms with Crippen LogP contribution in [0.1, 0.15) is 29.5 Å². The third-order valence-electron chi connectivity index (χ3n) is 4.29. The second-order valence-electron chi connectivity index (χ2n) is 6.61. The molecule has 28 heavy (non-hydrogen) atoms. The molecule has 0 atom stereocenters. The molecule has 0 saturated carbocycles. The Balaban J connectivity index is 1.69. The van der Waals surface area contributed by atoms with Gasteiger partial charge in [0.1, 0.15) is 24.7 Å². The molecule has 0 fully saturated rings. The summed E-state index contributed by atoms with van der Waals surface area (Å²) in [4.78, 5) is 10.8. The Labute approximate surface area is 165 Å². The van der Waals surface area contributed by atoms with Gasteiger partial charge in [-0.15, -0.1) is 0 Å². The molecule has 3 aromatic rings. The summed E-state index contributed by atoms with van der Waals surface area (Å²) in [6.45, 7) is 0.940. The van der Waals surface area contributed by atoms with Crippen LogP contribution in [0.3, 0.4) is 0 Å². The minimum atomic E-state index is -0.781. The molecule has 144 valence electrons. The van der Waals surface area contributed by atoms with Gasteiger partial charge in [-0.05, 0) is 41.7 Å². The van der Waals surface area contributed by atoms with E-state index in [1.54, 1.807) is 0 Å². The smallest absolute Gasteiger partial charge is 0.303 e. The number of hydrogen-bond acceptors (Lipinski definition) is 3. The Morgan fingerprint density at radius 3 is 1.68 bits per heavy atom. The van der Waals surface area contributed by atoms with E-state index in [-0.39, 0.29) is 6.42 Å². The highest BCUT2D eigenvalue weighted by atomic mass is 16.5. The largest absolute Gasteiger partial charge is 0.489 e. The summed E-state index contributed by atoms with van der Waals surface area (Å²) in [5, 5.41) is 8.87. The van der Waals surface area contributed by atoms with Crippen molar-refractivity contribution < 1.29 is 19.4 Å². The van der Waals surface area contributed by atoms with Crippen LogP contribution in [0.4, 0.5) is 0 Å². The molecule has 0 bridgehead atoms. The van der Waals surface area contributed by atoms with Crippen molar-refractivity contribution in [3.8, 4) is 11.5 Å². The highest BCUT2D eigenvalue weighted by molar-refractivity contribution is 5.66. The van der Waals surface area contributed by atoms with Gasteiger partial charge in [0, 0.05) is 12.5 Å². The van der Waals surface area contributed by atoms with Crippen LogP contribution >= 0.6 is 0 Å². The number of carboxylic acids is 1. The molecule has 0 aliphatic rings. The van der Waals surface area contributed by atoms with Crippen LogP contribution in [0.15, 0.2) is 78.9 Å². The summed E-state index contributed by atoms with van der Waals surface area (Å²) in [7, 11) is 0. The average molecular weight is 376 g/mol. The van der Waals surface area contributed by atoms with Crippen molar-refractivity contribution in [3.05, 3.63) is 95.6 Å². The van der Waals surface area contributed by atoms with Gasteiger partial charge in [-0.2, -0.15) is 0 Å². The van der Waals surface area contributed by atoms with Crippen LogP contribution < -0.4 is 9.47 Å². The summed E-state index contributed by atoms with van der Waals surface area (Å²) >= 11 is 0. The number of carbonyl (C=O) groups is 1. The Hall–Kier alpha value is -3.27. The van der Waals surface area contributed by atoms with E-state index in [0.29, 0.717) is 26.1 Å². The molecule has 3 rings (SSSR count). The van der Waals surface area contributed by atoms with Crippen LogP contribution in [0.2, 0.25) is 0 Å². The summed E-state index contributed by atoms with van der Waals surface area (Å²) in [5.41, 5.74) is 3.19. The van der Waals surface area contributed by atoms with Crippen molar-refractivity contribution in [2.45, 2.75) is 32.5 Å². The molecule has 1 N–H and O–H groups in total. The number of aryl methyl sites for hydroxylation is 1. The van der Waals surface area contributed by atoms with Gasteiger partial charge in [-0.1, -0.05) is 60.7 Å². The molecule has 4 heteroatoms. The first kappa shape index (κ1) is 19.5. The van der Waals surface area contributed by atoms with Crippen LogP contribution in [0.25, 0.3) is 0 Å². The molecular weight excluding hydrogens is 352 g/mol. The molecule has 0 heterocycles. The summed E-state index contributed by atoms with van der Waals surface area (Å²) < 4.78 is 11.9. The summed E-state index contributed by atoms with van der Waals surface area (Å²) in [6, 6.07) is 25.7. The SMILES string of the molecule is O=C(O)CCCc1cc(OCc2ccccc2)cc(OCc2ccccc2)c1. The maximum atomic E-state index is 10.8. The first-order chi connectivity index (χ1) is 13.7. The van der Waals surface area contributed by atoms with Crippen LogP contribution in [-0.2, 0) is 24.4 Å². The number of hydrogen-bond donors (Lipinski definition) is 1. The first-order valence-electron chi connectivity index (χ1n) is 9.38. The second-order valence-corrected chi connectivity index (χ2v) is 6.61. The topological polar surface area (TPSA) is 55.8 Å². The predicted molar refractivity (Wildman–Crippen MR) is 109 cm³/mol. The van der Waals surface area contributed by atoms with E-state index in [9.17, 15) is 4.79 Å². The third kappa shape index (κ3) is 6.47. The van der Waals surface area contributed by atoms with E-state index in [1.807, 2.05) is 78.9 Å². The number of benzene rings is 3. The second kappa shape index (κ2) is 10.2. The molecule has 3 aromatic carbocycles. The van der Waals surface area contributed by atoms with Crippen LogP contribution in [-0.4, -0.2) is 11.1 Å². The first-order valence-corrected chi connectivity index (χ1v) is 9.38. The third-order valence-corrected chi connectivity index (χ3v) is 4.29. The van der Waals surface area contributed by atoms with E-state index in [2.05, 4.69) is 0 Å².